The minimum Gasteiger partial charge on any atom is -0.322 e. The number of nitrogens with one attached hydrogen (secondary N) is 3. The van der Waals surface area contributed by atoms with Crippen LogP contribution in [0.1, 0.15) is 21.5 Å². The molecule has 0 atom stereocenters. The molecule has 0 saturated heterocycles. The van der Waals surface area contributed by atoms with Gasteiger partial charge in [-0.05, 0) is 79.6 Å². The minimum atomic E-state index is -3.77. The summed E-state index contributed by atoms with van der Waals surface area (Å²) in [5.41, 5.74) is 5.27. The molecule has 0 bridgehead atoms. The van der Waals surface area contributed by atoms with Gasteiger partial charge in [0, 0.05) is 28.7 Å². The maximum atomic E-state index is 12.7. The Labute approximate surface area is 186 Å². The van der Waals surface area contributed by atoms with E-state index in [9.17, 15) is 13.2 Å². The van der Waals surface area contributed by atoms with Crippen molar-refractivity contribution in [2.45, 2.75) is 18.7 Å². The van der Waals surface area contributed by atoms with Gasteiger partial charge in [0.25, 0.3) is 15.9 Å². The highest BCUT2D eigenvalue weighted by Gasteiger charge is 2.16. The van der Waals surface area contributed by atoms with E-state index in [2.05, 4.69) is 20.2 Å². The number of carbonyl (C=O) groups excluding carboxylic acids is 1. The average molecular weight is 447 g/mol. The standard InChI is InChI=1S/C24H22N4O3S/c1-16-6-9-21(14-17(16)2)28-32(30,31)22-10-7-18(8-11-22)24(29)26-20-5-3-4-19(15-20)23-12-13-25-27-23/h3-15,28H,1-2H3,(H,25,27)(H,26,29). The number of hydrogen-bond donors (Lipinski definition) is 3. The number of rotatable bonds is 6. The van der Waals surface area contributed by atoms with Crippen LogP contribution in [-0.4, -0.2) is 24.5 Å². The molecule has 32 heavy (non-hydrogen) atoms. The second-order valence-corrected chi connectivity index (χ2v) is 9.12. The molecule has 8 heteroatoms. The Hall–Kier alpha value is -3.91. The van der Waals surface area contributed by atoms with Crippen LogP contribution in [0, 0.1) is 13.8 Å². The van der Waals surface area contributed by atoms with E-state index in [0.717, 1.165) is 22.4 Å². The molecule has 7 nitrogen and oxygen atoms in total. The van der Waals surface area contributed by atoms with Crippen LogP contribution in [0.15, 0.2) is 83.9 Å². The third-order valence-electron chi connectivity index (χ3n) is 5.12. The number of H-pyrrole nitrogens is 1. The maximum absolute atomic E-state index is 12.7. The van der Waals surface area contributed by atoms with Crippen LogP contribution in [0.25, 0.3) is 11.3 Å². The molecule has 0 fully saturated rings. The van der Waals surface area contributed by atoms with Crippen LogP contribution in [0.2, 0.25) is 0 Å². The fraction of sp³-hybridized carbons (Fsp3) is 0.0833. The summed E-state index contributed by atoms with van der Waals surface area (Å²) < 4.78 is 28.0. The first-order valence-corrected chi connectivity index (χ1v) is 11.4. The maximum Gasteiger partial charge on any atom is 0.261 e. The molecule has 1 heterocycles. The largest absolute Gasteiger partial charge is 0.322 e. The molecule has 0 spiro atoms. The van der Waals surface area contributed by atoms with Crippen LogP contribution >= 0.6 is 0 Å². The number of carbonyl (C=O) groups is 1. The number of hydrogen-bond acceptors (Lipinski definition) is 4. The van der Waals surface area contributed by atoms with Gasteiger partial charge in [-0.25, -0.2) is 8.42 Å². The van der Waals surface area contributed by atoms with Gasteiger partial charge in [-0.2, -0.15) is 5.10 Å². The van der Waals surface area contributed by atoms with Crippen LogP contribution in [0.3, 0.4) is 0 Å². The van der Waals surface area contributed by atoms with Gasteiger partial charge >= 0.3 is 0 Å². The van der Waals surface area contributed by atoms with Gasteiger partial charge in [0.05, 0.1) is 10.6 Å². The molecule has 162 valence electrons. The van der Waals surface area contributed by atoms with Crippen molar-refractivity contribution in [3.63, 3.8) is 0 Å². The Morgan fingerprint density at radius 3 is 2.34 bits per heavy atom. The van der Waals surface area contributed by atoms with E-state index in [1.807, 2.05) is 44.2 Å². The molecule has 0 saturated carbocycles. The Balaban J connectivity index is 1.47. The second kappa shape index (κ2) is 8.68. The van der Waals surface area contributed by atoms with E-state index >= 15 is 0 Å². The number of amides is 1. The van der Waals surface area contributed by atoms with Crippen LogP contribution in [-0.2, 0) is 10.0 Å². The molecular weight excluding hydrogens is 424 g/mol. The average Bonchev–Trinajstić information content (AvgIpc) is 3.31. The molecule has 1 amide bonds. The molecular formula is C24H22N4O3S. The fourth-order valence-corrected chi connectivity index (χ4v) is 4.24. The van der Waals surface area contributed by atoms with Crippen LogP contribution < -0.4 is 10.0 Å². The monoisotopic (exact) mass is 446 g/mol. The zero-order valence-electron chi connectivity index (χ0n) is 17.6. The van der Waals surface area contributed by atoms with E-state index in [4.69, 9.17) is 0 Å². The highest BCUT2D eigenvalue weighted by molar-refractivity contribution is 7.92. The number of sulfonamides is 1. The van der Waals surface area contributed by atoms with Gasteiger partial charge in [0.1, 0.15) is 0 Å². The molecule has 0 unspecified atom stereocenters. The van der Waals surface area contributed by atoms with Crippen molar-refractivity contribution in [1.29, 1.82) is 0 Å². The van der Waals surface area contributed by atoms with E-state index in [1.54, 1.807) is 24.4 Å². The summed E-state index contributed by atoms with van der Waals surface area (Å²) in [4.78, 5) is 12.7. The van der Waals surface area contributed by atoms with Gasteiger partial charge in [0.15, 0.2) is 0 Å². The number of anilines is 2. The number of benzene rings is 3. The van der Waals surface area contributed by atoms with Crippen molar-refractivity contribution < 1.29 is 13.2 Å². The van der Waals surface area contributed by atoms with Gasteiger partial charge < -0.3 is 5.32 Å². The lowest BCUT2D eigenvalue weighted by Crippen LogP contribution is -2.15. The predicted octanol–water partition coefficient (Wildman–Crippen LogP) is 4.75. The third kappa shape index (κ3) is 4.70. The van der Waals surface area contributed by atoms with Crippen molar-refractivity contribution in [3.05, 3.63) is 95.7 Å². The van der Waals surface area contributed by atoms with E-state index in [1.165, 1.54) is 24.3 Å². The van der Waals surface area contributed by atoms with Crippen molar-refractivity contribution in [2.24, 2.45) is 0 Å². The summed E-state index contributed by atoms with van der Waals surface area (Å²) >= 11 is 0. The summed E-state index contributed by atoms with van der Waals surface area (Å²) in [6.07, 6.45) is 1.66. The highest BCUT2D eigenvalue weighted by Crippen LogP contribution is 2.22. The van der Waals surface area contributed by atoms with E-state index < -0.39 is 10.0 Å². The molecule has 0 aliphatic carbocycles. The summed E-state index contributed by atoms with van der Waals surface area (Å²) in [6.45, 7) is 3.89. The molecule has 0 aliphatic heterocycles. The highest BCUT2D eigenvalue weighted by atomic mass is 32.2. The lowest BCUT2D eigenvalue weighted by Gasteiger charge is -2.11. The first-order valence-electron chi connectivity index (χ1n) is 9.93. The molecule has 0 radical (unpaired) electrons. The Morgan fingerprint density at radius 2 is 1.66 bits per heavy atom. The van der Waals surface area contributed by atoms with Gasteiger partial charge in [-0.1, -0.05) is 18.2 Å². The Morgan fingerprint density at radius 1 is 0.875 bits per heavy atom. The quantitative estimate of drug-likeness (QED) is 0.398. The molecule has 3 aromatic carbocycles. The van der Waals surface area contributed by atoms with E-state index in [-0.39, 0.29) is 10.8 Å². The summed E-state index contributed by atoms with van der Waals surface area (Å²) in [5, 5.41) is 9.65. The minimum absolute atomic E-state index is 0.0773. The molecule has 4 rings (SSSR count). The summed E-state index contributed by atoms with van der Waals surface area (Å²) in [6, 6.07) is 20.4. The fourth-order valence-electron chi connectivity index (χ4n) is 3.19. The van der Waals surface area contributed by atoms with Crippen molar-refractivity contribution in [2.75, 3.05) is 10.0 Å². The van der Waals surface area contributed by atoms with E-state index in [0.29, 0.717) is 16.9 Å². The first-order chi connectivity index (χ1) is 15.3. The zero-order valence-corrected chi connectivity index (χ0v) is 18.4. The number of aromatic amines is 1. The lowest BCUT2D eigenvalue weighted by atomic mass is 10.1. The van der Waals surface area contributed by atoms with Gasteiger partial charge in [-0.3, -0.25) is 14.6 Å². The van der Waals surface area contributed by atoms with Crippen molar-refractivity contribution in [3.8, 4) is 11.3 Å². The normalized spacial score (nSPS) is 11.2. The van der Waals surface area contributed by atoms with Crippen LogP contribution in [0.4, 0.5) is 11.4 Å². The molecule has 4 aromatic rings. The van der Waals surface area contributed by atoms with Gasteiger partial charge in [-0.15, -0.1) is 0 Å². The van der Waals surface area contributed by atoms with Crippen LogP contribution in [0.5, 0.6) is 0 Å². The first kappa shape index (κ1) is 21.3. The summed E-state index contributed by atoms with van der Waals surface area (Å²) in [5.74, 6) is -0.335. The molecule has 0 aliphatic rings. The van der Waals surface area contributed by atoms with Crippen molar-refractivity contribution in [1.82, 2.24) is 10.2 Å². The molecule has 1 aromatic heterocycles. The smallest absolute Gasteiger partial charge is 0.261 e. The Bertz CT molecular complexity index is 1360. The lowest BCUT2D eigenvalue weighted by molar-refractivity contribution is 0.102. The third-order valence-corrected chi connectivity index (χ3v) is 6.52. The number of aryl methyl sites for hydroxylation is 2. The second-order valence-electron chi connectivity index (χ2n) is 7.43. The SMILES string of the molecule is Cc1ccc(NS(=O)(=O)c2ccc(C(=O)Nc3cccc(-c4ccn[nH]4)c3)cc2)cc1C. The van der Waals surface area contributed by atoms with Crippen molar-refractivity contribution >= 4 is 27.3 Å². The van der Waals surface area contributed by atoms with Gasteiger partial charge in [0.2, 0.25) is 0 Å². The number of aromatic nitrogens is 2. The topological polar surface area (TPSA) is 104 Å². The summed E-state index contributed by atoms with van der Waals surface area (Å²) in [7, 11) is -3.77. The molecule has 3 N–H and O–H groups in total. The number of nitrogens with zero attached hydrogens (tertiary/aromatic N) is 1. The Kier molecular flexibility index (Phi) is 5.79. The zero-order chi connectivity index (χ0) is 22.7. The predicted molar refractivity (Wildman–Crippen MR) is 125 cm³/mol.